The van der Waals surface area contributed by atoms with Crippen LogP contribution in [0.4, 0.5) is 0 Å². The number of amides is 2. The highest BCUT2D eigenvalue weighted by Crippen LogP contribution is 2.43. The quantitative estimate of drug-likeness (QED) is 0.370. The van der Waals surface area contributed by atoms with E-state index in [2.05, 4.69) is 26.6 Å². The summed E-state index contributed by atoms with van der Waals surface area (Å²) in [6, 6.07) is 10.1. The number of pyridine rings is 1. The van der Waals surface area contributed by atoms with E-state index in [0.717, 1.165) is 66.0 Å². The number of rotatable bonds is 3. The molecular formula is C33H39N7O4. The van der Waals surface area contributed by atoms with Crippen LogP contribution in [0, 0.1) is 11.8 Å². The predicted octanol–water partition coefficient (Wildman–Crippen LogP) is 3.54. The minimum Gasteiger partial charge on any atom is -0.494 e. The number of carbonyl (C=O) groups excluding carboxylic acids is 2. The van der Waals surface area contributed by atoms with E-state index < -0.39 is 0 Å². The molecule has 4 bridgehead atoms. The van der Waals surface area contributed by atoms with E-state index in [-0.39, 0.29) is 36.0 Å². The summed E-state index contributed by atoms with van der Waals surface area (Å²) >= 11 is 0. The second-order valence-electron chi connectivity index (χ2n) is 13.1. The summed E-state index contributed by atoms with van der Waals surface area (Å²) in [5.41, 5.74) is 11.1. The van der Waals surface area contributed by atoms with Gasteiger partial charge in [-0.25, -0.2) is 9.97 Å². The summed E-state index contributed by atoms with van der Waals surface area (Å²) in [6.45, 7) is 3.84. The van der Waals surface area contributed by atoms with Crippen LogP contribution >= 0.6 is 0 Å². The minimum atomic E-state index is -0.230. The average Bonchev–Trinajstić information content (AvgIpc) is 3.27. The maximum Gasteiger partial charge on any atom is 0.254 e. The molecule has 0 spiro atoms. The Kier molecular flexibility index (Phi) is 6.46. The zero-order valence-electron chi connectivity index (χ0n) is 25.5. The molecule has 44 heavy (non-hydrogen) atoms. The van der Waals surface area contributed by atoms with E-state index in [1.807, 2.05) is 37.1 Å². The first-order valence-electron chi connectivity index (χ1n) is 15.8. The van der Waals surface area contributed by atoms with E-state index in [0.29, 0.717) is 48.3 Å². The van der Waals surface area contributed by atoms with Crippen molar-refractivity contribution in [3.05, 3.63) is 41.6 Å². The van der Waals surface area contributed by atoms with E-state index in [4.69, 9.17) is 25.2 Å². The van der Waals surface area contributed by atoms with Crippen molar-refractivity contribution in [2.45, 2.75) is 69.7 Å². The van der Waals surface area contributed by atoms with Gasteiger partial charge in [0.05, 0.1) is 36.7 Å². The normalized spacial score (nSPS) is 28.4. The van der Waals surface area contributed by atoms with Gasteiger partial charge in [0.25, 0.3) is 5.91 Å². The largest absolute Gasteiger partial charge is 0.494 e. The molecule has 4 aromatic rings. The molecule has 1 aromatic carbocycles. The van der Waals surface area contributed by atoms with E-state index in [1.165, 1.54) is 0 Å². The second-order valence-corrected chi connectivity index (χ2v) is 13.1. The van der Waals surface area contributed by atoms with E-state index in [9.17, 15) is 9.59 Å². The Morgan fingerprint density at radius 2 is 2.00 bits per heavy atom. The highest BCUT2D eigenvalue weighted by molar-refractivity contribution is 6.00. The Balaban J connectivity index is 1.23. The molecule has 11 heteroatoms. The highest BCUT2D eigenvalue weighted by atomic mass is 16.5. The Morgan fingerprint density at radius 1 is 1.14 bits per heavy atom. The zero-order valence-corrected chi connectivity index (χ0v) is 25.5. The summed E-state index contributed by atoms with van der Waals surface area (Å²) in [7, 11) is 3.63. The molecule has 0 radical (unpaired) electrons. The van der Waals surface area contributed by atoms with Crippen molar-refractivity contribution in [1.82, 2.24) is 29.3 Å². The van der Waals surface area contributed by atoms with Crippen LogP contribution in [0.2, 0.25) is 0 Å². The van der Waals surface area contributed by atoms with Crippen molar-refractivity contribution < 1.29 is 19.1 Å². The molecule has 1 saturated carbocycles. The molecule has 3 aromatic heterocycles. The third-order valence-corrected chi connectivity index (χ3v) is 10.3. The van der Waals surface area contributed by atoms with Gasteiger partial charge < -0.3 is 34.6 Å². The standard InChI is InChI=1S/C33H39N7O4/c1-17-24-6-4-18-12-27(39(31(18)36-24)15-20-10-21(20)16-44-9-8-29(41)35-17)32-37-25-11-19(13-28(43-3)30(25)38(32)2)33(42)40-22-5-7-26(40)23(34)14-22/h4,6,11-13,17,20-23,26H,5,7-10,14-16,34H2,1-3H3,(H,35,41)/t17-,20+,21+,22+,23-,26-/m1/s1. The summed E-state index contributed by atoms with van der Waals surface area (Å²) < 4.78 is 16.1. The third kappa shape index (κ3) is 4.39. The molecule has 3 fully saturated rings. The molecule has 6 heterocycles. The molecule has 6 atom stereocenters. The fourth-order valence-corrected chi connectivity index (χ4v) is 7.83. The number of hydrogen-bond donors (Lipinski definition) is 2. The van der Waals surface area contributed by atoms with Crippen LogP contribution in [0.3, 0.4) is 0 Å². The number of nitrogens with one attached hydrogen (secondary N) is 1. The molecule has 11 nitrogen and oxygen atoms in total. The first-order valence-corrected chi connectivity index (χ1v) is 15.8. The Hall–Kier alpha value is -3.96. The average molecular weight is 598 g/mol. The number of nitrogens with zero attached hydrogens (tertiary/aromatic N) is 5. The highest BCUT2D eigenvalue weighted by Gasteiger charge is 2.47. The minimum absolute atomic E-state index is 0.0000552. The van der Waals surface area contributed by atoms with Crippen LogP contribution in [0.5, 0.6) is 5.75 Å². The number of fused-ring (bicyclic) bond motifs is 5. The first-order chi connectivity index (χ1) is 21.3. The second kappa shape index (κ2) is 10.3. The summed E-state index contributed by atoms with van der Waals surface area (Å²) in [4.78, 5) is 38.5. The van der Waals surface area contributed by atoms with Gasteiger partial charge in [-0.05, 0) is 74.8 Å². The molecule has 3 aliphatic heterocycles. The van der Waals surface area contributed by atoms with Gasteiger partial charge in [0.1, 0.15) is 16.9 Å². The molecular weight excluding hydrogens is 558 g/mol. The van der Waals surface area contributed by atoms with E-state index >= 15 is 0 Å². The van der Waals surface area contributed by atoms with Crippen molar-refractivity contribution in [3.63, 3.8) is 0 Å². The number of hydrogen-bond acceptors (Lipinski definition) is 7. The topological polar surface area (TPSA) is 130 Å². The molecule has 4 aliphatic rings. The van der Waals surface area contributed by atoms with Crippen LogP contribution in [0.25, 0.3) is 33.6 Å². The third-order valence-electron chi connectivity index (χ3n) is 10.3. The van der Waals surface area contributed by atoms with Crippen LogP contribution in [0.15, 0.2) is 30.3 Å². The molecule has 3 N–H and O–H groups in total. The number of carbonyl (C=O) groups is 2. The molecule has 2 saturated heterocycles. The van der Waals surface area contributed by atoms with Crippen LogP contribution in [-0.4, -0.2) is 74.3 Å². The number of benzene rings is 1. The molecule has 0 unspecified atom stereocenters. The predicted molar refractivity (Wildman–Crippen MR) is 165 cm³/mol. The lowest BCUT2D eigenvalue weighted by molar-refractivity contribution is -0.122. The van der Waals surface area contributed by atoms with Gasteiger partial charge in [0, 0.05) is 55.7 Å². The van der Waals surface area contributed by atoms with E-state index in [1.54, 1.807) is 7.11 Å². The lowest BCUT2D eigenvalue weighted by atomic mass is 9.97. The van der Waals surface area contributed by atoms with Crippen molar-refractivity contribution in [2.75, 3.05) is 20.3 Å². The number of imidazole rings is 1. The molecule has 1 aliphatic carbocycles. The van der Waals surface area contributed by atoms with Gasteiger partial charge in [-0.15, -0.1) is 0 Å². The molecule has 230 valence electrons. The van der Waals surface area contributed by atoms with Crippen molar-refractivity contribution in [2.24, 2.45) is 24.6 Å². The maximum atomic E-state index is 13.8. The first kappa shape index (κ1) is 27.6. The SMILES string of the molecule is COc1cc(C(=O)N2[C@H]3CC[C@@H]2[C@H](N)C3)cc2nc(-c3cc4ccc5nc4n3C[C@@H]3C[C@H]3COCCC(=O)N[C@@H]5C)n(C)c12. The summed E-state index contributed by atoms with van der Waals surface area (Å²) in [5, 5.41) is 4.07. The number of aromatic nitrogens is 4. The number of methoxy groups -OCH3 is 1. The fraction of sp³-hybridized carbons (Fsp3) is 0.515. The van der Waals surface area contributed by atoms with Crippen molar-refractivity contribution in [3.8, 4) is 17.3 Å². The zero-order chi connectivity index (χ0) is 30.3. The van der Waals surface area contributed by atoms with Crippen molar-refractivity contribution in [1.29, 1.82) is 0 Å². The van der Waals surface area contributed by atoms with Gasteiger partial charge in [-0.2, -0.15) is 0 Å². The number of ether oxygens (including phenoxy) is 2. The van der Waals surface area contributed by atoms with Gasteiger partial charge in [-0.3, -0.25) is 9.59 Å². The monoisotopic (exact) mass is 597 g/mol. The Morgan fingerprint density at radius 3 is 2.77 bits per heavy atom. The summed E-state index contributed by atoms with van der Waals surface area (Å²) in [6.07, 6.45) is 4.26. The van der Waals surface area contributed by atoms with Gasteiger partial charge in [-0.1, -0.05) is 0 Å². The lowest BCUT2D eigenvalue weighted by Crippen LogP contribution is -2.40. The van der Waals surface area contributed by atoms with Gasteiger partial charge >= 0.3 is 0 Å². The molecule has 2 amide bonds. The Labute approximate surface area is 255 Å². The van der Waals surface area contributed by atoms with Crippen LogP contribution in [-0.2, 0) is 23.1 Å². The number of nitrogens with two attached hydrogens (primary N) is 1. The number of aryl methyl sites for hydroxylation is 1. The maximum absolute atomic E-state index is 13.8. The van der Waals surface area contributed by atoms with Gasteiger partial charge in [0.15, 0.2) is 5.82 Å². The summed E-state index contributed by atoms with van der Waals surface area (Å²) in [5.74, 6) is 2.27. The van der Waals surface area contributed by atoms with Crippen LogP contribution in [0.1, 0.15) is 61.1 Å². The lowest BCUT2D eigenvalue weighted by Gasteiger charge is -2.23. The van der Waals surface area contributed by atoms with Crippen molar-refractivity contribution >= 4 is 33.9 Å². The molecule has 8 rings (SSSR count). The Bertz CT molecular complexity index is 1810. The fourth-order valence-electron chi connectivity index (χ4n) is 7.83. The van der Waals surface area contributed by atoms with Crippen LogP contribution < -0.4 is 15.8 Å². The smallest absolute Gasteiger partial charge is 0.254 e. The van der Waals surface area contributed by atoms with Gasteiger partial charge in [0.2, 0.25) is 5.91 Å².